The Hall–Kier alpha value is -3.98. The first-order valence-electron chi connectivity index (χ1n) is 11.2. The molecule has 0 saturated heterocycles. The zero-order valence-corrected chi connectivity index (χ0v) is 20.5. The number of hydrogen-bond donors (Lipinski definition) is 3. The van der Waals surface area contributed by atoms with Crippen molar-refractivity contribution in [3.05, 3.63) is 90.0 Å². The summed E-state index contributed by atoms with van der Waals surface area (Å²) in [5.41, 5.74) is 1.52. The van der Waals surface area contributed by atoms with E-state index in [2.05, 4.69) is 17.9 Å². The third kappa shape index (κ3) is 8.06. The van der Waals surface area contributed by atoms with Crippen LogP contribution in [0.4, 0.5) is 10.5 Å². The van der Waals surface area contributed by atoms with Crippen LogP contribution in [0.15, 0.2) is 78.9 Å². The highest BCUT2D eigenvalue weighted by Crippen LogP contribution is 2.29. The molecule has 0 spiro atoms. The number of thiol groups is 1. The number of esters is 1. The van der Waals surface area contributed by atoms with Gasteiger partial charge in [0.25, 0.3) is 0 Å². The molecule has 9 heteroatoms. The van der Waals surface area contributed by atoms with E-state index in [1.165, 1.54) is 19.1 Å². The summed E-state index contributed by atoms with van der Waals surface area (Å²) in [6.07, 6.45) is -2.20. The SMILES string of the molecule is CC(=O)c1ccc(NC(=O)O[C@H](c2ccc(O)cc2)[C@@H](CCOC(=O)CS)Oc2ccccc2)cc1. The molecule has 0 fully saturated rings. The lowest BCUT2D eigenvalue weighted by atomic mass is 10.0. The Labute approximate surface area is 214 Å². The molecule has 0 unspecified atom stereocenters. The highest BCUT2D eigenvalue weighted by molar-refractivity contribution is 7.81. The average Bonchev–Trinajstić information content (AvgIpc) is 2.88. The zero-order valence-electron chi connectivity index (χ0n) is 19.6. The third-order valence-electron chi connectivity index (χ3n) is 5.16. The number of phenolic OH excluding ortho intramolecular Hbond substituents is 1. The minimum Gasteiger partial charge on any atom is -0.508 e. The summed E-state index contributed by atoms with van der Waals surface area (Å²) in [5.74, 6) is -0.0412. The van der Waals surface area contributed by atoms with Gasteiger partial charge in [-0.15, -0.1) is 0 Å². The van der Waals surface area contributed by atoms with Gasteiger partial charge in [-0.3, -0.25) is 14.9 Å². The molecule has 2 N–H and O–H groups in total. The number of amides is 1. The van der Waals surface area contributed by atoms with Crippen LogP contribution in [-0.2, 0) is 14.3 Å². The number of ether oxygens (including phenoxy) is 3. The molecule has 0 bridgehead atoms. The third-order valence-corrected chi connectivity index (χ3v) is 5.41. The first-order chi connectivity index (χ1) is 17.4. The fourth-order valence-electron chi connectivity index (χ4n) is 3.35. The van der Waals surface area contributed by atoms with Crippen molar-refractivity contribution in [3.63, 3.8) is 0 Å². The van der Waals surface area contributed by atoms with E-state index in [1.54, 1.807) is 60.7 Å². The Bertz CT molecular complexity index is 1150. The molecule has 3 aromatic carbocycles. The van der Waals surface area contributed by atoms with Crippen LogP contribution in [0.25, 0.3) is 0 Å². The molecule has 0 heterocycles. The van der Waals surface area contributed by atoms with Crippen LogP contribution in [0.5, 0.6) is 11.5 Å². The summed E-state index contributed by atoms with van der Waals surface area (Å²) >= 11 is 3.91. The molecule has 1 amide bonds. The Morgan fingerprint density at radius 1 is 0.944 bits per heavy atom. The van der Waals surface area contributed by atoms with Gasteiger partial charge < -0.3 is 19.3 Å². The summed E-state index contributed by atoms with van der Waals surface area (Å²) in [6, 6.07) is 21.6. The van der Waals surface area contributed by atoms with Crippen molar-refractivity contribution in [1.29, 1.82) is 0 Å². The van der Waals surface area contributed by atoms with Crippen molar-refractivity contribution >= 4 is 36.2 Å². The summed E-state index contributed by atoms with van der Waals surface area (Å²) < 4.78 is 17.1. The number of nitrogens with one attached hydrogen (secondary N) is 1. The maximum atomic E-state index is 12.9. The second-order valence-electron chi connectivity index (χ2n) is 7.81. The minimum atomic E-state index is -0.919. The average molecular weight is 510 g/mol. The monoisotopic (exact) mass is 509 g/mol. The van der Waals surface area contributed by atoms with Crippen molar-refractivity contribution < 1.29 is 33.7 Å². The fraction of sp³-hybridized carbons (Fsp3) is 0.222. The lowest BCUT2D eigenvalue weighted by Gasteiger charge is -2.28. The maximum Gasteiger partial charge on any atom is 0.412 e. The summed E-state index contributed by atoms with van der Waals surface area (Å²) in [7, 11) is 0. The molecule has 3 rings (SSSR count). The molecule has 0 radical (unpaired) electrons. The Morgan fingerprint density at radius 3 is 2.22 bits per heavy atom. The topological polar surface area (TPSA) is 111 Å². The number of hydrogen-bond acceptors (Lipinski definition) is 8. The second-order valence-corrected chi connectivity index (χ2v) is 8.13. The lowest BCUT2D eigenvalue weighted by molar-refractivity contribution is -0.141. The Kier molecular flexibility index (Phi) is 9.76. The molecule has 36 heavy (non-hydrogen) atoms. The molecule has 0 aliphatic heterocycles. The van der Waals surface area contributed by atoms with Crippen LogP contribution in [0.2, 0.25) is 0 Å². The second kappa shape index (κ2) is 13.2. The van der Waals surface area contributed by atoms with E-state index in [1.807, 2.05) is 6.07 Å². The minimum absolute atomic E-state index is 0.0168. The van der Waals surface area contributed by atoms with Crippen molar-refractivity contribution in [2.24, 2.45) is 0 Å². The number of anilines is 1. The van der Waals surface area contributed by atoms with Crippen molar-refractivity contribution in [2.75, 3.05) is 17.7 Å². The number of aromatic hydroxyl groups is 1. The van der Waals surface area contributed by atoms with Crippen LogP contribution < -0.4 is 10.1 Å². The highest BCUT2D eigenvalue weighted by Gasteiger charge is 2.30. The first-order valence-corrected chi connectivity index (χ1v) is 11.8. The molecule has 2 atom stereocenters. The van der Waals surface area contributed by atoms with E-state index in [4.69, 9.17) is 14.2 Å². The molecule has 0 aliphatic rings. The van der Waals surface area contributed by atoms with Gasteiger partial charge in [0.05, 0.1) is 12.4 Å². The van der Waals surface area contributed by atoms with Crippen LogP contribution in [-0.4, -0.2) is 41.4 Å². The number of Topliss-reactive ketones (excluding diaryl/α,β-unsaturated/α-hetero) is 1. The number of para-hydroxylation sites is 1. The van der Waals surface area contributed by atoms with Crippen molar-refractivity contribution in [2.45, 2.75) is 25.6 Å². The summed E-state index contributed by atoms with van der Waals surface area (Å²) in [5, 5.41) is 12.4. The van der Waals surface area contributed by atoms with E-state index in [0.29, 0.717) is 22.6 Å². The van der Waals surface area contributed by atoms with E-state index >= 15 is 0 Å². The quantitative estimate of drug-likeness (QED) is 0.185. The van der Waals surface area contributed by atoms with Gasteiger partial charge in [-0.25, -0.2) is 4.79 Å². The van der Waals surface area contributed by atoms with E-state index in [-0.39, 0.29) is 30.3 Å². The van der Waals surface area contributed by atoms with Gasteiger partial charge in [0.15, 0.2) is 11.9 Å². The molecule has 0 aliphatic carbocycles. The first kappa shape index (κ1) is 26.6. The van der Waals surface area contributed by atoms with E-state index < -0.39 is 24.3 Å². The number of rotatable bonds is 11. The Balaban J connectivity index is 1.84. The van der Waals surface area contributed by atoms with Gasteiger partial charge in [0.2, 0.25) is 0 Å². The number of carbonyl (C=O) groups excluding carboxylic acids is 3. The van der Waals surface area contributed by atoms with Crippen LogP contribution >= 0.6 is 12.6 Å². The highest BCUT2D eigenvalue weighted by atomic mass is 32.1. The van der Waals surface area contributed by atoms with Crippen molar-refractivity contribution in [3.8, 4) is 11.5 Å². The summed E-state index contributed by atoms with van der Waals surface area (Å²) in [6.45, 7) is 1.47. The number of benzene rings is 3. The van der Waals surface area contributed by atoms with Gasteiger partial charge >= 0.3 is 12.1 Å². The molecule has 0 saturated carbocycles. The Morgan fingerprint density at radius 2 is 1.61 bits per heavy atom. The van der Waals surface area contributed by atoms with E-state index in [9.17, 15) is 19.5 Å². The summed E-state index contributed by atoms with van der Waals surface area (Å²) in [4.78, 5) is 36.0. The predicted octanol–water partition coefficient (Wildman–Crippen LogP) is 5.20. The molecular formula is C27H27NO7S. The van der Waals surface area contributed by atoms with Gasteiger partial charge in [0, 0.05) is 17.7 Å². The molecule has 8 nitrogen and oxygen atoms in total. The van der Waals surface area contributed by atoms with Crippen molar-refractivity contribution in [1.82, 2.24) is 0 Å². The largest absolute Gasteiger partial charge is 0.508 e. The van der Waals surface area contributed by atoms with Crippen LogP contribution in [0.1, 0.15) is 35.4 Å². The zero-order chi connectivity index (χ0) is 25.9. The lowest BCUT2D eigenvalue weighted by Crippen LogP contribution is -2.32. The smallest absolute Gasteiger partial charge is 0.412 e. The number of ketones is 1. The van der Waals surface area contributed by atoms with E-state index in [0.717, 1.165) is 0 Å². The molecule has 3 aromatic rings. The van der Waals surface area contributed by atoms with Crippen LogP contribution in [0, 0.1) is 0 Å². The standard InChI is InChI=1S/C27H27NO7S/c1-18(29)19-7-11-21(12-8-19)28-27(32)35-26(20-9-13-22(30)14-10-20)24(15-16-33-25(31)17-36)34-23-5-3-2-4-6-23/h2-14,24,26,30,36H,15-17H2,1H3,(H,28,32)/t24-,26-/m1/s1. The van der Waals surface area contributed by atoms with Gasteiger partial charge in [-0.1, -0.05) is 30.3 Å². The molecule has 188 valence electrons. The van der Waals surface area contributed by atoms with Crippen LogP contribution in [0.3, 0.4) is 0 Å². The normalized spacial score (nSPS) is 12.2. The maximum absolute atomic E-state index is 12.9. The predicted molar refractivity (Wildman–Crippen MR) is 138 cm³/mol. The fourth-order valence-corrected chi connectivity index (χ4v) is 3.45. The molecular weight excluding hydrogens is 482 g/mol. The van der Waals surface area contributed by atoms with Gasteiger partial charge in [-0.2, -0.15) is 12.6 Å². The number of carbonyl (C=O) groups is 3. The molecule has 0 aromatic heterocycles. The van der Waals surface area contributed by atoms with Gasteiger partial charge in [0.1, 0.15) is 17.6 Å². The van der Waals surface area contributed by atoms with Gasteiger partial charge in [-0.05, 0) is 61.0 Å². The number of phenols is 1.